The fourth-order valence-corrected chi connectivity index (χ4v) is 2.59. The summed E-state index contributed by atoms with van der Waals surface area (Å²) in [5.74, 6) is 1.61. The molecule has 1 aliphatic carbocycles. The summed E-state index contributed by atoms with van der Waals surface area (Å²) in [6.07, 6.45) is 4.72. The van der Waals surface area contributed by atoms with E-state index < -0.39 is 0 Å². The third-order valence-electron chi connectivity index (χ3n) is 3.12. The number of nitrogens with zero attached hydrogens (tertiary/aromatic N) is 2. The summed E-state index contributed by atoms with van der Waals surface area (Å²) in [5, 5.41) is 13.2. The zero-order valence-electron chi connectivity index (χ0n) is 9.99. The van der Waals surface area contributed by atoms with Crippen molar-refractivity contribution in [1.82, 2.24) is 9.97 Å². The molecule has 4 nitrogen and oxygen atoms in total. The standard InChI is InChI=1S/C12H18BrN3O/c1-2-11-15-10(13)7-12(16-11)14-8-5-3-4-6-9(8)17/h7-9,17H,2-6H2,1H3,(H,14,15,16). The van der Waals surface area contributed by atoms with E-state index in [0.717, 1.165) is 41.9 Å². The number of nitrogens with one attached hydrogen (secondary N) is 1. The van der Waals surface area contributed by atoms with Crippen LogP contribution >= 0.6 is 15.9 Å². The second-order valence-electron chi connectivity index (χ2n) is 4.45. The van der Waals surface area contributed by atoms with Crippen molar-refractivity contribution in [3.05, 3.63) is 16.5 Å². The molecule has 2 rings (SSSR count). The van der Waals surface area contributed by atoms with Crippen LogP contribution in [0.1, 0.15) is 38.4 Å². The van der Waals surface area contributed by atoms with E-state index in [1.165, 1.54) is 6.42 Å². The lowest BCUT2D eigenvalue weighted by Gasteiger charge is -2.28. The molecule has 17 heavy (non-hydrogen) atoms. The number of halogens is 1. The summed E-state index contributed by atoms with van der Waals surface area (Å²) in [4.78, 5) is 8.68. The number of anilines is 1. The van der Waals surface area contributed by atoms with E-state index in [1.807, 2.05) is 13.0 Å². The zero-order valence-corrected chi connectivity index (χ0v) is 11.6. The topological polar surface area (TPSA) is 58.0 Å². The van der Waals surface area contributed by atoms with Gasteiger partial charge in [-0.05, 0) is 28.8 Å². The van der Waals surface area contributed by atoms with Gasteiger partial charge in [0.05, 0.1) is 12.1 Å². The third-order valence-corrected chi connectivity index (χ3v) is 3.53. The van der Waals surface area contributed by atoms with Gasteiger partial charge >= 0.3 is 0 Å². The lowest BCUT2D eigenvalue weighted by atomic mass is 9.93. The van der Waals surface area contributed by atoms with Crippen LogP contribution in [0.3, 0.4) is 0 Å². The molecule has 0 spiro atoms. The molecule has 0 amide bonds. The van der Waals surface area contributed by atoms with E-state index in [1.54, 1.807) is 0 Å². The number of aryl methyl sites for hydroxylation is 1. The van der Waals surface area contributed by atoms with Crippen molar-refractivity contribution in [1.29, 1.82) is 0 Å². The first-order chi connectivity index (χ1) is 8.19. The Labute approximate surface area is 110 Å². The van der Waals surface area contributed by atoms with E-state index in [-0.39, 0.29) is 12.1 Å². The quantitative estimate of drug-likeness (QED) is 0.842. The first-order valence-electron chi connectivity index (χ1n) is 6.17. The highest BCUT2D eigenvalue weighted by molar-refractivity contribution is 9.10. The molecule has 1 aliphatic rings. The van der Waals surface area contributed by atoms with Gasteiger partial charge in [0.15, 0.2) is 0 Å². The Hall–Kier alpha value is -0.680. The molecule has 1 aromatic heterocycles. The van der Waals surface area contributed by atoms with Crippen LogP contribution in [0.25, 0.3) is 0 Å². The third kappa shape index (κ3) is 3.39. The minimum atomic E-state index is -0.262. The fraction of sp³-hybridized carbons (Fsp3) is 0.667. The lowest BCUT2D eigenvalue weighted by molar-refractivity contribution is 0.116. The van der Waals surface area contributed by atoms with Gasteiger partial charge in [-0.25, -0.2) is 9.97 Å². The van der Waals surface area contributed by atoms with Gasteiger partial charge in [-0.15, -0.1) is 0 Å². The van der Waals surface area contributed by atoms with Crippen molar-refractivity contribution in [2.24, 2.45) is 0 Å². The largest absolute Gasteiger partial charge is 0.391 e. The van der Waals surface area contributed by atoms with Gasteiger partial charge < -0.3 is 10.4 Å². The van der Waals surface area contributed by atoms with Gasteiger partial charge in [-0.2, -0.15) is 0 Å². The Morgan fingerprint density at radius 3 is 2.88 bits per heavy atom. The minimum Gasteiger partial charge on any atom is -0.391 e. The van der Waals surface area contributed by atoms with Crippen LogP contribution in [-0.2, 0) is 6.42 Å². The van der Waals surface area contributed by atoms with E-state index in [9.17, 15) is 5.11 Å². The van der Waals surface area contributed by atoms with Crippen molar-refractivity contribution in [2.75, 3.05) is 5.32 Å². The van der Waals surface area contributed by atoms with Crippen LogP contribution in [0.5, 0.6) is 0 Å². The number of aliphatic hydroxyl groups excluding tert-OH is 1. The van der Waals surface area contributed by atoms with Gasteiger partial charge in [-0.1, -0.05) is 19.8 Å². The number of aromatic nitrogens is 2. The van der Waals surface area contributed by atoms with Gasteiger partial charge in [0.2, 0.25) is 0 Å². The molecule has 2 unspecified atom stereocenters. The Bertz CT molecular complexity index is 386. The molecule has 5 heteroatoms. The summed E-state index contributed by atoms with van der Waals surface area (Å²) in [7, 11) is 0. The molecule has 1 heterocycles. The van der Waals surface area contributed by atoms with Crippen LogP contribution in [0, 0.1) is 0 Å². The maximum absolute atomic E-state index is 9.91. The van der Waals surface area contributed by atoms with Crippen LogP contribution in [-0.4, -0.2) is 27.2 Å². The number of aliphatic hydroxyl groups is 1. The molecule has 1 aromatic rings. The van der Waals surface area contributed by atoms with E-state index in [4.69, 9.17) is 0 Å². The monoisotopic (exact) mass is 299 g/mol. The zero-order chi connectivity index (χ0) is 12.3. The van der Waals surface area contributed by atoms with Crippen molar-refractivity contribution in [3.63, 3.8) is 0 Å². The summed E-state index contributed by atoms with van der Waals surface area (Å²) in [6.45, 7) is 2.03. The van der Waals surface area contributed by atoms with Crippen molar-refractivity contribution >= 4 is 21.7 Å². The molecular weight excluding hydrogens is 282 g/mol. The Morgan fingerprint density at radius 1 is 1.41 bits per heavy atom. The molecule has 1 fully saturated rings. The molecule has 2 N–H and O–H groups in total. The highest BCUT2D eigenvalue weighted by Gasteiger charge is 2.23. The van der Waals surface area contributed by atoms with E-state index >= 15 is 0 Å². The Kier molecular flexibility index (Phi) is 4.34. The highest BCUT2D eigenvalue weighted by Crippen LogP contribution is 2.22. The first kappa shape index (κ1) is 12.8. The number of hydrogen-bond donors (Lipinski definition) is 2. The fourth-order valence-electron chi connectivity index (χ4n) is 2.17. The van der Waals surface area contributed by atoms with Gasteiger partial charge in [0.1, 0.15) is 16.2 Å². The van der Waals surface area contributed by atoms with Crippen molar-refractivity contribution in [2.45, 2.75) is 51.2 Å². The highest BCUT2D eigenvalue weighted by atomic mass is 79.9. The lowest BCUT2D eigenvalue weighted by Crippen LogP contribution is -2.36. The molecule has 0 aromatic carbocycles. The van der Waals surface area contributed by atoms with E-state index in [2.05, 4.69) is 31.2 Å². The second kappa shape index (κ2) is 5.78. The van der Waals surface area contributed by atoms with Crippen LogP contribution < -0.4 is 5.32 Å². The average Bonchev–Trinajstić information content (AvgIpc) is 2.31. The summed E-state index contributed by atoms with van der Waals surface area (Å²) >= 11 is 3.38. The second-order valence-corrected chi connectivity index (χ2v) is 5.26. The molecule has 0 aliphatic heterocycles. The number of hydrogen-bond acceptors (Lipinski definition) is 4. The van der Waals surface area contributed by atoms with Gasteiger partial charge in [0, 0.05) is 12.5 Å². The maximum Gasteiger partial charge on any atom is 0.131 e. The maximum atomic E-state index is 9.91. The molecule has 0 saturated heterocycles. The Balaban J connectivity index is 2.09. The predicted octanol–water partition coefficient (Wildman–Crippen LogP) is 2.52. The van der Waals surface area contributed by atoms with Gasteiger partial charge in [0.25, 0.3) is 0 Å². The first-order valence-corrected chi connectivity index (χ1v) is 6.96. The Morgan fingerprint density at radius 2 is 2.18 bits per heavy atom. The SMILES string of the molecule is CCc1nc(Br)cc(NC2CCCCC2O)n1. The van der Waals surface area contributed by atoms with Crippen LogP contribution in [0.15, 0.2) is 10.7 Å². The summed E-state index contributed by atoms with van der Waals surface area (Å²) in [5.41, 5.74) is 0. The summed E-state index contributed by atoms with van der Waals surface area (Å²) < 4.78 is 0.789. The van der Waals surface area contributed by atoms with Crippen LogP contribution in [0.2, 0.25) is 0 Å². The molecule has 94 valence electrons. The molecule has 2 atom stereocenters. The minimum absolute atomic E-state index is 0.121. The van der Waals surface area contributed by atoms with Gasteiger partial charge in [-0.3, -0.25) is 0 Å². The molecule has 1 saturated carbocycles. The van der Waals surface area contributed by atoms with E-state index in [0.29, 0.717) is 0 Å². The van der Waals surface area contributed by atoms with Crippen molar-refractivity contribution in [3.8, 4) is 0 Å². The molecule has 0 radical (unpaired) electrons. The van der Waals surface area contributed by atoms with Crippen LogP contribution in [0.4, 0.5) is 5.82 Å². The molecular formula is C12H18BrN3O. The predicted molar refractivity (Wildman–Crippen MR) is 71.0 cm³/mol. The average molecular weight is 300 g/mol. The smallest absolute Gasteiger partial charge is 0.131 e. The normalized spacial score (nSPS) is 24.6. The summed E-state index contributed by atoms with van der Waals surface area (Å²) in [6, 6.07) is 1.98. The molecule has 0 bridgehead atoms. The number of rotatable bonds is 3. The van der Waals surface area contributed by atoms with Crippen molar-refractivity contribution < 1.29 is 5.11 Å².